The molecule has 0 unspecified atom stereocenters. The van der Waals surface area contributed by atoms with Gasteiger partial charge in [-0.2, -0.15) is 0 Å². The van der Waals surface area contributed by atoms with Gasteiger partial charge >= 0.3 is 0 Å². The number of aromatic nitrogens is 2. The summed E-state index contributed by atoms with van der Waals surface area (Å²) in [6.45, 7) is 4.25. The van der Waals surface area contributed by atoms with Crippen LogP contribution >= 0.6 is 11.8 Å². The molecule has 6 heteroatoms. The Bertz CT molecular complexity index is 943. The summed E-state index contributed by atoms with van der Waals surface area (Å²) in [5.74, 6) is 1.12. The second-order valence-electron chi connectivity index (χ2n) is 6.43. The van der Waals surface area contributed by atoms with Crippen LogP contribution in [0.4, 0.5) is 0 Å². The van der Waals surface area contributed by atoms with Gasteiger partial charge in [-0.25, -0.2) is 4.98 Å². The number of rotatable bonds is 8. The van der Waals surface area contributed by atoms with E-state index in [2.05, 4.69) is 4.98 Å². The number of ether oxygens (including phenoxy) is 1. The quantitative estimate of drug-likeness (QED) is 0.471. The van der Waals surface area contributed by atoms with Crippen molar-refractivity contribution in [2.24, 2.45) is 0 Å². The zero-order valence-corrected chi connectivity index (χ0v) is 16.4. The second kappa shape index (κ2) is 9.06. The van der Waals surface area contributed by atoms with Crippen molar-refractivity contribution in [1.82, 2.24) is 9.55 Å². The van der Waals surface area contributed by atoms with E-state index in [9.17, 15) is 9.90 Å². The average Bonchev–Trinajstić information content (AvgIpc) is 2.71. The standard InChI is InChI=1S/C21H24N2O3S/c1-3-15(2)23-20(25)18-11-7-8-12-19(18)22-21(23)27-14-16(24)13-26-17-9-5-4-6-10-17/h4-12,15-16,24H,3,13-14H2,1-2H3/t15-,16+/m0/s1. The Morgan fingerprint density at radius 3 is 2.59 bits per heavy atom. The van der Waals surface area contributed by atoms with Crippen LogP contribution in [0.3, 0.4) is 0 Å². The van der Waals surface area contributed by atoms with Gasteiger partial charge in [-0.05, 0) is 37.6 Å². The summed E-state index contributed by atoms with van der Waals surface area (Å²) >= 11 is 1.38. The van der Waals surface area contributed by atoms with Gasteiger partial charge in [0.1, 0.15) is 12.4 Å². The summed E-state index contributed by atoms with van der Waals surface area (Å²) in [6, 6.07) is 16.8. The third kappa shape index (κ3) is 4.70. The molecule has 27 heavy (non-hydrogen) atoms. The Hall–Kier alpha value is -2.31. The summed E-state index contributed by atoms with van der Waals surface area (Å²) in [5, 5.41) is 11.5. The zero-order valence-electron chi connectivity index (χ0n) is 15.5. The Morgan fingerprint density at radius 1 is 1.15 bits per heavy atom. The van der Waals surface area contributed by atoms with Crippen molar-refractivity contribution in [2.45, 2.75) is 37.6 Å². The molecule has 142 valence electrons. The highest BCUT2D eigenvalue weighted by Gasteiger charge is 2.17. The SMILES string of the molecule is CC[C@H](C)n1c(SC[C@H](O)COc2ccccc2)nc2ccccc2c1=O. The van der Waals surface area contributed by atoms with Gasteiger partial charge in [0.15, 0.2) is 5.16 Å². The Balaban J connectivity index is 1.76. The number of fused-ring (bicyclic) bond motifs is 1. The topological polar surface area (TPSA) is 64.3 Å². The molecule has 3 aromatic rings. The van der Waals surface area contributed by atoms with Gasteiger partial charge in [0, 0.05) is 11.8 Å². The number of thioether (sulfide) groups is 1. The first-order valence-corrected chi connectivity index (χ1v) is 10.1. The van der Waals surface area contributed by atoms with Crippen molar-refractivity contribution in [3.05, 3.63) is 65.0 Å². The smallest absolute Gasteiger partial charge is 0.262 e. The van der Waals surface area contributed by atoms with E-state index in [-0.39, 0.29) is 18.2 Å². The molecule has 0 amide bonds. The fourth-order valence-electron chi connectivity index (χ4n) is 2.73. The van der Waals surface area contributed by atoms with Crippen molar-refractivity contribution in [2.75, 3.05) is 12.4 Å². The van der Waals surface area contributed by atoms with Crippen molar-refractivity contribution < 1.29 is 9.84 Å². The molecule has 0 aliphatic rings. The molecule has 0 bridgehead atoms. The minimum Gasteiger partial charge on any atom is -0.491 e. The van der Waals surface area contributed by atoms with Crippen LogP contribution in [0.25, 0.3) is 10.9 Å². The number of aliphatic hydroxyl groups excluding tert-OH is 1. The van der Waals surface area contributed by atoms with Crippen molar-refractivity contribution in [3.8, 4) is 5.75 Å². The van der Waals surface area contributed by atoms with Crippen LogP contribution in [0.15, 0.2) is 64.5 Å². The third-order valence-corrected chi connectivity index (χ3v) is 5.50. The first kappa shape index (κ1) is 19.5. The number of hydrogen-bond donors (Lipinski definition) is 1. The lowest BCUT2D eigenvalue weighted by Gasteiger charge is -2.19. The van der Waals surface area contributed by atoms with Crippen LogP contribution < -0.4 is 10.3 Å². The largest absolute Gasteiger partial charge is 0.491 e. The molecule has 0 aliphatic carbocycles. The summed E-state index contributed by atoms with van der Waals surface area (Å²) in [6.07, 6.45) is 0.164. The molecule has 0 spiro atoms. The van der Waals surface area contributed by atoms with E-state index in [4.69, 9.17) is 4.74 Å². The molecule has 3 rings (SSSR count). The monoisotopic (exact) mass is 384 g/mol. The highest BCUT2D eigenvalue weighted by molar-refractivity contribution is 7.99. The molecule has 0 aliphatic heterocycles. The Kier molecular flexibility index (Phi) is 6.53. The van der Waals surface area contributed by atoms with Gasteiger partial charge in [0.05, 0.1) is 17.0 Å². The molecule has 2 aromatic carbocycles. The summed E-state index contributed by atoms with van der Waals surface area (Å²) in [5.41, 5.74) is 0.645. The Morgan fingerprint density at radius 2 is 1.85 bits per heavy atom. The minimum atomic E-state index is -0.663. The summed E-state index contributed by atoms with van der Waals surface area (Å²) < 4.78 is 7.33. The van der Waals surface area contributed by atoms with Crippen LogP contribution in [0.5, 0.6) is 5.75 Å². The lowest BCUT2D eigenvalue weighted by atomic mass is 10.2. The number of aliphatic hydroxyl groups is 1. The van der Waals surface area contributed by atoms with E-state index < -0.39 is 6.10 Å². The molecule has 1 heterocycles. The van der Waals surface area contributed by atoms with E-state index in [1.165, 1.54) is 11.8 Å². The van der Waals surface area contributed by atoms with Crippen molar-refractivity contribution in [1.29, 1.82) is 0 Å². The lowest BCUT2D eigenvalue weighted by Crippen LogP contribution is -2.27. The van der Waals surface area contributed by atoms with Crippen LogP contribution in [-0.4, -0.2) is 33.1 Å². The molecule has 1 N–H and O–H groups in total. The molecular formula is C21H24N2O3S. The van der Waals surface area contributed by atoms with E-state index in [1.54, 1.807) is 10.6 Å². The van der Waals surface area contributed by atoms with Gasteiger partial charge in [0.2, 0.25) is 0 Å². The van der Waals surface area contributed by atoms with Gasteiger partial charge in [-0.3, -0.25) is 9.36 Å². The van der Waals surface area contributed by atoms with Crippen molar-refractivity contribution in [3.63, 3.8) is 0 Å². The average molecular weight is 385 g/mol. The molecule has 0 saturated heterocycles. The van der Waals surface area contributed by atoms with Crippen LogP contribution in [0, 0.1) is 0 Å². The van der Waals surface area contributed by atoms with Crippen molar-refractivity contribution >= 4 is 22.7 Å². The van der Waals surface area contributed by atoms with E-state index in [1.807, 2.05) is 62.4 Å². The maximum atomic E-state index is 12.9. The van der Waals surface area contributed by atoms with Crippen LogP contribution in [0.1, 0.15) is 26.3 Å². The molecule has 0 fully saturated rings. The van der Waals surface area contributed by atoms with E-state index in [0.717, 1.165) is 12.2 Å². The highest BCUT2D eigenvalue weighted by atomic mass is 32.2. The maximum Gasteiger partial charge on any atom is 0.262 e. The summed E-state index contributed by atoms with van der Waals surface area (Å²) in [4.78, 5) is 17.6. The molecule has 1 aromatic heterocycles. The molecule has 0 saturated carbocycles. The van der Waals surface area contributed by atoms with Gasteiger partial charge in [-0.1, -0.05) is 49.0 Å². The number of para-hydroxylation sites is 2. The second-order valence-corrected chi connectivity index (χ2v) is 7.42. The van der Waals surface area contributed by atoms with Gasteiger partial charge in [-0.15, -0.1) is 0 Å². The predicted molar refractivity (Wildman–Crippen MR) is 110 cm³/mol. The normalized spacial score (nSPS) is 13.4. The number of benzene rings is 2. The fraction of sp³-hybridized carbons (Fsp3) is 0.333. The molecule has 2 atom stereocenters. The zero-order chi connectivity index (χ0) is 19.2. The minimum absolute atomic E-state index is 0.0347. The van der Waals surface area contributed by atoms with E-state index in [0.29, 0.717) is 21.8 Å². The molecule has 0 radical (unpaired) electrons. The van der Waals surface area contributed by atoms with Crippen LogP contribution in [0.2, 0.25) is 0 Å². The number of nitrogens with zero attached hydrogens (tertiary/aromatic N) is 2. The first-order valence-electron chi connectivity index (χ1n) is 9.10. The summed E-state index contributed by atoms with van der Waals surface area (Å²) in [7, 11) is 0. The lowest BCUT2D eigenvalue weighted by molar-refractivity contribution is 0.126. The van der Waals surface area contributed by atoms with E-state index >= 15 is 0 Å². The molecular weight excluding hydrogens is 360 g/mol. The Labute approximate surface area is 163 Å². The maximum absolute atomic E-state index is 12.9. The van der Waals surface area contributed by atoms with Gasteiger partial charge < -0.3 is 9.84 Å². The number of hydrogen-bond acceptors (Lipinski definition) is 5. The third-order valence-electron chi connectivity index (χ3n) is 4.40. The van der Waals surface area contributed by atoms with Gasteiger partial charge in [0.25, 0.3) is 5.56 Å². The highest BCUT2D eigenvalue weighted by Crippen LogP contribution is 2.23. The predicted octanol–water partition coefficient (Wildman–Crippen LogP) is 3.90. The molecule has 5 nitrogen and oxygen atoms in total. The van der Waals surface area contributed by atoms with Crippen LogP contribution in [-0.2, 0) is 0 Å². The fourth-order valence-corrected chi connectivity index (χ4v) is 3.73. The first-order chi connectivity index (χ1) is 13.1.